The van der Waals surface area contributed by atoms with Crippen molar-refractivity contribution in [1.82, 2.24) is 9.38 Å². The zero-order valence-corrected chi connectivity index (χ0v) is 12.9. The number of nitrogens with zero attached hydrogens (tertiary/aromatic N) is 2. The number of pyridine rings is 1. The van der Waals surface area contributed by atoms with Gasteiger partial charge in [0.25, 0.3) is 0 Å². The first-order valence-electron chi connectivity index (χ1n) is 5.55. The summed E-state index contributed by atoms with van der Waals surface area (Å²) in [7, 11) is 0. The minimum Gasteiger partial charge on any atom is -0.383 e. The lowest BCUT2D eigenvalue weighted by Crippen LogP contribution is -1.94. The van der Waals surface area contributed by atoms with Gasteiger partial charge >= 0.3 is 0 Å². The molecule has 0 unspecified atom stereocenters. The number of benzene rings is 1. The Labute approximate surface area is 134 Å². The molecule has 3 nitrogen and oxygen atoms in total. The van der Waals surface area contributed by atoms with E-state index in [2.05, 4.69) is 4.98 Å². The molecule has 0 saturated carbocycles. The first kappa shape index (κ1) is 13.8. The highest BCUT2D eigenvalue weighted by molar-refractivity contribution is 6.36. The first-order chi connectivity index (χ1) is 9.45. The number of anilines is 1. The second-order valence-electron chi connectivity index (χ2n) is 4.20. The highest BCUT2D eigenvalue weighted by atomic mass is 35.5. The quantitative estimate of drug-likeness (QED) is 0.658. The van der Waals surface area contributed by atoms with Gasteiger partial charge in [0.1, 0.15) is 11.5 Å². The van der Waals surface area contributed by atoms with Crippen LogP contribution in [0.4, 0.5) is 5.82 Å². The Morgan fingerprint density at radius 2 is 1.55 bits per heavy atom. The molecule has 0 atom stereocenters. The Kier molecular flexibility index (Phi) is 3.46. The van der Waals surface area contributed by atoms with Gasteiger partial charge in [-0.05, 0) is 24.3 Å². The SMILES string of the molecule is Nc1c(-c2cc(Cl)cc(Cl)c2)nc2c(Cl)cc(Cl)cn12. The number of nitrogens with two attached hydrogens (primary N) is 1. The third kappa shape index (κ3) is 2.31. The summed E-state index contributed by atoms with van der Waals surface area (Å²) in [6, 6.07) is 6.73. The number of aromatic nitrogens is 2. The highest BCUT2D eigenvalue weighted by Crippen LogP contribution is 2.33. The summed E-state index contributed by atoms with van der Waals surface area (Å²) in [6.07, 6.45) is 1.65. The van der Waals surface area contributed by atoms with Crippen LogP contribution in [0.2, 0.25) is 20.1 Å². The molecule has 2 heterocycles. The summed E-state index contributed by atoms with van der Waals surface area (Å²) in [4.78, 5) is 4.44. The lowest BCUT2D eigenvalue weighted by atomic mass is 10.1. The average molecular weight is 347 g/mol. The van der Waals surface area contributed by atoms with Crippen LogP contribution in [0.1, 0.15) is 0 Å². The normalized spacial score (nSPS) is 11.2. The Balaban J connectivity index is 2.32. The molecule has 0 bridgehead atoms. The maximum Gasteiger partial charge on any atom is 0.158 e. The van der Waals surface area contributed by atoms with Crippen LogP contribution < -0.4 is 5.73 Å². The van der Waals surface area contributed by atoms with Gasteiger partial charge in [-0.2, -0.15) is 0 Å². The topological polar surface area (TPSA) is 43.3 Å². The Bertz CT molecular complexity index is 806. The van der Waals surface area contributed by atoms with Crippen LogP contribution in [0.15, 0.2) is 30.5 Å². The summed E-state index contributed by atoms with van der Waals surface area (Å²) in [5.41, 5.74) is 7.91. The fraction of sp³-hybridized carbons (Fsp3) is 0. The predicted molar refractivity (Wildman–Crippen MR) is 85.1 cm³/mol. The molecule has 0 amide bonds. The van der Waals surface area contributed by atoms with Crippen LogP contribution in [-0.4, -0.2) is 9.38 Å². The molecule has 0 radical (unpaired) electrons. The van der Waals surface area contributed by atoms with E-state index in [1.807, 2.05) is 0 Å². The van der Waals surface area contributed by atoms with Crippen LogP contribution in [0, 0.1) is 0 Å². The van der Waals surface area contributed by atoms with Crippen molar-refractivity contribution in [2.24, 2.45) is 0 Å². The number of rotatable bonds is 1. The van der Waals surface area contributed by atoms with Crippen LogP contribution in [0.3, 0.4) is 0 Å². The lowest BCUT2D eigenvalue weighted by Gasteiger charge is -2.02. The number of hydrogen-bond donors (Lipinski definition) is 1. The number of imidazole rings is 1. The number of hydrogen-bond acceptors (Lipinski definition) is 2. The summed E-state index contributed by atoms with van der Waals surface area (Å²) in [5, 5.41) is 1.91. The third-order valence-electron chi connectivity index (χ3n) is 2.81. The van der Waals surface area contributed by atoms with Crippen molar-refractivity contribution in [2.45, 2.75) is 0 Å². The molecule has 0 aliphatic carbocycles. The molecule has 3 rings (SSSR count). The molecule has 0 aliphatic rings. The Hall–Kier alpha value is -1.13. The van der Waals surface area contributed by atoms with Gasteiger partial charge in [-0.1, -0.05) is 46.4 Å². The van der Waals surface area contributed by atoms with Crippen LogP contribution in [0.25, 0.3) is 16.9 Å². The zero-order chi connectivity index (χ0) is 14.4. The second kappa shape index (κ2) is 5.01. The molecule has 3 aromatic rings. The maximum absolute atomic E-state index is 6.12. The molecule has 20 heavy (non-hydrogen) atoms. The number of nitrogen functional groups attached to an aromatic ring is 1. The molecular formula is C13H7Cl4N3. The molecule has 0 spiro atoms. The smallest absolute Gasteiger partial charge is 0.158 e. The van der Waals surface area contributed by atoms with Crippen LogP contribution >= 0.6 is 46.4 Å². The molecule has 1 aromatic carbocycles. The van der Waals surface area contributed by atoms with Gasteiger partial charge in [0.15, 0.2) is 5.65 Å². The van der Waals surface area contributed by atoms with Crippen molar-refractivity contribution in [3.8, 4) is 11.3 Å². The van der Waals surface area contributed by atoms with E-state index in [-0.39, 0.29) is 0 Å². The van der Waals surface area contributed by atoms with Gasteiger partial charge in [-0.15, -0.1) is 0 Å². The van der Waals surface area contributed by atoms with Crippen molar-refractivity contribution >= 4 is 57.9 Å². The van der Waals surface area contributed by atoms with Gasteiger partial charge < -0.3 is 5.73 Å². The van der Waals surface area contributed by atoms with Crippen molar-refractivity contribution < 1.29 is 0 Å². The van der Waals surface area contributed by atoms with E-state index >= 15 is 0 Å². The standard InChI is InChI=1S/C13H7Cl4N3/c14-7-1-6(2-8(15)3-7)11-12(18)20-5-9(16)4-10(17)13(20)19-11/h1-5H,18H2. The third-order valence-corrected chi connectivity index (χ3v) is 3.74. The van der Waals surface area contributed by atoms with Crippen LogP contribution in [-0.2, 0) is 0 Å². The molecule has 0 saturated heterocycles. The first-order valence-corrected chi connectivity index (χ1v) is 7.06. The van der Waals surface area contributed by atoms with E-state index < -0.39 is 0 Å². The van der Waals surface area contributed by atoms with E-state index in [1.54, 1.807) is 34.9 Å². The van der Waals surface area contributed by atoms with Crippen molar-refractivity contribution in [2.75, 3.05) is 5.73 Å². The fourth-order valence-corrected chi connectivity index (χ4v) is 3.03. The van der Waals surface area contributed by atoms with E-state index in [4.69, 9.17) is 52.1 Å². The minimum atomic E-state index is 0.419. The van der Waals surface area contributed by atoms with Gasteiger partial charge in [0.2, 0.25) is 0 Å². The summed E-state index contributed by atoms with van der Waals surface area (Å²) >= 11 is 24.1. The molecule has 7 heteroatoms. The molecule has 0 aliphatic heterocycles. The second-order valence-corrected chi connectivity index (χ2v) is 5.92. The number of halogens is 4. The largest absolute Gasteiger partial charge is 0.383 e. The van der Waals surface area contributed by atoms with Gasteiger partial charge in [0, 0.05) is 21.8 Å². The van der Waals surface area contributed by atoms with Gasteiger partial charge in [-0.25, -0.2) is 4.98 Å². The van der Waals surface area contributed by atoms with Crippen molar-refractivity contribution in [1.29, 1.82) is 0 Å². The maximum atomic E-state index is 6.12. The summed E-state index contributed by atoms with van der Waals surface area (Å²) < 4.78 is 1.63. The minimum absolute atomic E-state index is 0.419. The van der Waals surface area contributed by atoms with Gasteiger partial charge in [0.05, 0.1) is 10.0 Å². The fourth-order valence-electron chi connectivity index (χ4n) is 1.99. The molecular weight excluding hydrogens is 340 g/mol. The molecule has 2 N–H and O–H groups in total. The Morgan fingerprint density at radius 1 is 0.900 bits per heavy atom. The lowest BCUT2D eigenvalue weighted by molar-refractivity contribution is 1.20. The molecule has 102 valence electrons. The number of fused-ring (bicyclic) bond motifs is 1. The highest BCUT2D eigenvalue weighted by Gasteiger charge is 2.15. The van der Waals surface area contributed by atoms with Crippen molar-refractivity contribution in [3.05, 3.63) is 50.6 Å². The van der Waals surface area contributed by atoms with Gasteiger partial charge in [-0.3, -0.25) is 4.40 Å². The Morgan fingerprint density at radius 3 is 2.20 bits per heavy atom. The summed E-state index contributed by atoms with van der Waals surface area (Å²) in [5.74, 6) is 0.419. The zero-order valence-electron chi connectivity index (χ0n) is 9.87. The van der Waals surface area contributed by atoms with E-state index in [9.17, 15) is 0 Å². The monoisotopic (exact) mass is 345 g/mol. The van der Waals surface area contributed by atoms with E-state index in [0.717, 1.165) is 5.56 Å². The molecule has 0 fully saturated rings. The van der Waals surface area contributed by atoms with Crippen LogP contribution in [0.5, 0.6) is 0 Å². The summed E-state index contributed by atoms with van der Waals surface area (Å²) in [6.45, 7) is 0. The predicted octanol–water partition coefficient (Wildman–Crippen LogP) is 5.20. The molecule has 2 aromatic heterocycles. The van der Waals surface area contributed by atoms with Crippen molar-refractivity contribution in [3.63, 3.8) is 0 Å². The van der Waals surface area contributed by atoms with E-state index in [0.29, 0.717) is 37.2 Å². The van der Waals surface area contributed by atoms with E-state index in [1.165, 1.54) is 0 Å². The average Bonchev–Trinajstić information content (AvgIpc) is 2.66.